The van der Waals surface area contributed by atoms with Gasteiger partial charge in [0.2, 0.25) is 0 Å². The number of rotatable bonds is 5. The normalized spacial score (nSPS) is 27.8. The van der Waals surface area contributed by atoms with Crippen molar-refractivity contribution in [3.05, 3.63) is 5.82 Å². The van der Waals surface area contributed by atoms with Gasteiger partial charge in [-0.1, -0.05) is 24.6 Å². The topological polar surface area (TPSA) is 66.0 Å². The lowest BCUT2D eigenvalue weighted by Crippen LogP contribution is -2.25. The van der Waals surface area contributed by atoms with E-state index in [9.17, 15) is 0 Å². The Labute approximate surface area is 130 Å². The van der Waals surface area contributed by atoms with E-state index >= 15 is 0 Å². The molecule has 5 nitrogen and oxygen atoms in total. The molecule has 2 heterocycles. The third kappa shape index (κ3) is 2.73. The lowest BCUT2D eigenvalue weighted by atomic mass is 9.98. The molecule has 3 fully saturated rings. The zero-order valence-electron chi connectivity index (χ0n) is 12.5. The molecule has 0 aromatic carbocycles. The second kappa shape index (κ2) is 5.56. The van der Waals surface area contributed by atoms with E-state index in [-0.39, 0.29) is 5.60 Å². The molecule has 1 saturated heterocycles. The molecule has 21 heavy (non-hydrogen) atoms. The van der Waals surface area contributed by atoms with Gasteiger partial charge in [-0.3, -0.25) is 0 Å². The lowest BCUT2D eigenvalue weighted by Gasteiger charge is -2.23. The minimum absolute atomic E-state index is 0.234. The average Bonchev–Trinajstić information content (AvgIpc) is 2.95. The maximum Gasteiger partial charge on any atom is 0.191 e. The molecule has 1 aromatic heterocycles. The lowest BCUT2D eigenvalue weighted by molar-refractivity contribution is -0.0267. The predicted molar refractivity (Wildman–Crippen MR) is 82.2 cm³/mol. The highest BCUT2D eigenvalue weighted by atomic mass is 32.2. The van der Waals surface area contributed by atoms with Gasteiger partial charge >= 0.3 is 0 Å². The Morgan fingerprint density at radius 1 is 1.19 bits per heavy atom. The van der Waals surface area contributed by atoms with Gasteiger partial charge in [-0.05, 0) is 38.5 Å². The third-order valence-electron chi connectivity index (χ3n) is 5.08. The number of aromatic nitrogens is 3. The Balaban J connectivity index is 1.38. The number of thioether (sulfide) groups is 1. The smallest absolute Gasteiger partial charge is 0.191 e. The van der Waals surface area contributed by atoms with Gasteiger partial charge in [0, 0.05) is 11.8 Å². The van der Waals surface area contributed by atoms with E-state index in [0.29, 0.717) is 18.7 Å². The van der Waals surface area contributed by atoms with Gasteiger partial charge in [0.05, 0.1) is 18.2 Å². The van der Waals surface area contributed by atoms with E-state index in [4.69, 9.17) is 10.5 Å². The van der Waals surface area contributed by atoms with Crippen LogP contribution in [0, 0.1) is 0 Å². The van der Waals surface area contributed by atoms with Crippen LogP contribution in [0.2, 0.25) is 0 Å². The summed E-state index contributed by atoms with van der Waals surface area (Å²) in [6.07, 6.45) is 10.5. The molecule has 1 spiro atoms. The van der Waals surface area contributed by atoms with Crippen LogP contribution >= 0.6 is 11.8 Å². The first-order valence-corrected chi connectivity index (χ1v) is 9.23. The predicted octanol–water partition coefficient (Wildman–Crippen LogP) is 2.66. The van der Waals surface area contributed by atoms with Crippen LogP contribution in [0.25, 0.3) is 0 Å². The highest BCUT2D eigenvalue weighted by Crippen LogP contribution is 2.44. The van der Waals surface area contributed by atoms with Gasteiger partial charge < -0.3 is 15.0 Å². The third-order valence-corrected chi connectivity index (χ3v) is 6.16. The first-order chi connectivity index (χ1) is 10.3. The van der Waals surface area contributed by atoms with Crippen LogP contribution in [-0.2, 0) is 11.3 Å². The van der Waals surface area contributed by atoms with Crippen molar-refractivity contribution >= 4 is 11.8 Å². The van der Waals surface area contributed by atoms with Crippen molar-refractivity contribution in [2.45, 2.75) is 80.8 Å². The Morgan fingerprint density at radius 3 is 2.71 bits per heavy atom. The largest absolute Gasteiger partial charge is 0.371 e. The van der Waals surface area contributed by atoms with Gasteiger partial charge in [-0.2, -0.15) is 0 Å². The molecular weight excluding hydrogens is 284 g/mol. The van der Waals surface area contributed by atoms with Gasteiger partial charge in [-0.25, -0.2) is 0 Å². The monoisotopic (exact) mass is 308 g/mol. The molecule has 116 valence electrons. The van der Waals surface area contributed by atoms with Crippen LogP contribution in [0.1, 0.15) is 63.2 Å². The molecule has 6 heteroatoms. The molecule has 2 aliphatic carbocycles. The minimum atomic E-state index is 0.234. The van der Waals surface area contributed by atoms with Crippen LogP contribution < -0.4 is 5.73 Å². The summed E-state index contributed by atoms with van der Waals surface area (Å²) in [6, 6.07) is 0.590. The van der Waals surface area contributed by atoms with E-state index in [1.165, 1.54) is 51.4 Å². The van der Waals surface area contributed by atoms with Crippen molar-refractivity contribution in [2.24, 2.45) is 5.73 Å². The van der Waals surface area contributed by atoms with E-state index in [1.807, 2.05) is 0 Å². The van der Waals surface area contributed by atoms with E-state index in [0.717, 1.165) is 16.7 Å². The second-order valence-electron chi connectivity index (χ2n) is 6.68. The van der Waals surface area contributed by atoms with Crippen molar-refractivity contribution in [3.8, 4) is 0 Å². The fourth-order valence-corrected chi connectivity index (χ4v) is 4.87. The molecule has 2 N–H and O–H groups in total. The molecule has 0 bridgehead atoms. The Bertz CT molecular complexity index is 508. The molecule has 1 aliphatic heterocycles. The molecule has 4 rings (SSSR count). The molecular formula is C15H24N4OS. The maximum atomic E-state index is 6.38. The van der Waals surface area contributed by atoms with Gasteiger partial charge in [0.25, 0.3) is 0 Å². The molecule has 3 aliphatic rings. The SMILES string of the molecule is NCc1nnc(SCC2CCC3(CCCC3)O2)n1C1CC1. The number of nitrogens with zero attached hydrogens (tertiary/aromatic N) is 3. The van der Waals surface area contributed by atoms with E-state index in [2.05, 4.69) is 14.8 Å². The summed E-state index contributed by atoms with van der Waals surface area (Å²) in [5.41, 5.74) is 6.00. The fourth-order valence-electron chi connectivity index (χ4n) is 3.81. The molecule has 1 atom stereocenters. The summed E-state index contributed by atoms with van der Waals surface area (Å²) in [6.45, 7) is 0.479. The van der Waals surface area contributed by atoms with Crippen molar-refractivity contribution in [2.75, 3.05) is 5.75 Å². The van der Waals surface area contributed by atoms with Crippen LogP contribution in [0.5, 0.6) is 0 Å². The Hall–Kier alpha value is -0.590. The van der Waals surface area contributed by atoms with Gasteiger partial charge in [-0.15, -0.1) is 10.2 Å². The molecule has 0 amide bonds. The number of nitrogens with two attached hydrogens (primary N) is 1. The van der Waals surface area contributed by atoms with Crippen molar-refractivity contribution in [1.29, 1.82) is 0 Å². The summed E-state index contributed by atoms with van der Waals surface area (Å²) in [5.74, 6) is 1.93. The first kappa shape index (κ1) is 14.0. The summed E-state index contributed by atoms with van der Waals surface area (Å²) in [5, 5.41) is 9.61. The molecule has 1 unspecified atom stereocenters. The quantitative estimate of drug-likeness (QED) is 0.847. The fraction of sp³-hybridized carbons (Fsp3) is 0.867. The highest BCUT2D eigenvalue weighted by molar-refractivity contribution is 7.99. The molecule has 2 saturated carbocycles. The van der Waals surface area contributed by atoms with E-state index in [1.54, 1.807) is 11.8 Å². The summed E-state index contributed by atoms with van der Waals surface area (Å²) in [7, 11) is 0. The Kier molecular flexibility index (Phi) is 3.71. The standard InChI is InChI=1S/C15H24N4OS/c16-9-13-17-18-14(19(13)11-3-4-11)21-10-12-5-8-15(20-12)6-1-2-7-15/h11-12H,1-10,16H2. The zero-order valence-corrected chi connectivity index (χ0v) is 13.3. The van der Waals surface area contributed by atoms with Crippen LogP contribution in [-0.4, -0.2) is 32.2 Å². The average molecular weight is 308 g/mol. The highest BCUT2D eigenvalue weighted by Gasteiger charge is 2.42. The number of hydrogen-bond acceptors (Lipinski definition) is 5. The first-order valence-electron chi connectivity index (χ1n) is 8.24. The maximum absolute atomic E-state index is 6.38. The number of hydrogen-bond donors (Lipinski definition) is 1. The summed E-state index contributed by atoms with van der Waals surface area (Å²) in [4.78, 5) is 0. The summed E-state index contributed by atoms with van der Waals surface area (Å²) < 4.78 is 8.63. The Morgan fingerprint density at radius 2 is 2.00 bits per heavy atom. The van der Waals surface area contributed by atoms with Crippen LogP contribution in [0.3, 0.4) is 0 Å². The minimum Gasteiger partial charge on any atom is -0.371 e. The van der Waals surface area contributed by atoms with Gasteiger partial charge in [0.1, 0.15) is 5.82 Å². The van der Waals surface area contributed by atoms with Crippen molar-refractivity contribution in [1.82, 2.24) is 14.8 Å². The van der Waals surface area contributed by atoms with Crippen LogP contribution in [0.4, 0.5) is 0 Å². The molecule has 1 aromatic rings. The number of ether oxygens (including phenoxy) is 1. The second-order valence-corrected chi connectivity index (χ2v) is 7.67. The van der Waals surface area contributed by atoms with Gasteiger partial charge in [0.15, 0.2) is 5.16 Å². The van der Waals surface area contributed by atoms with Crippen molar-refractivity contribution < 1.29 is 4.74 Å². The molecule has 0 radical (unpaired) electrons. The van der Waals surface area contributed by atoms with Crippen molar-refractivity contribution in [3.63, 3.8) is 0 Å². The van der Waals surface area contributed by atoms with Crippen LogP contribution in [0.15, 0.2) is 5.16 Å². The van der Waals surface area contributed by atoms with E-state index < -0.39 is 0 Å². The summed E-state index contributed by atoms with van der Waals surface area (Å²) >= 11 is 1.80. The zero-order chi connectivity index (χ0) is 14.3.